The summed E-state index contributed by atoms with van der Waals surface area (Å²) in [5.74, 6) is -0.920. The van der Waals surface area contributed by atoms with Gasteiger partial charge in [-0.2, -0.15) is 0 Å². The number of rotatable bonds is 2. The predicted octanol–water partition coefficient (Wildman–Crippen LogP) is 0.815. The van der Waals surface area contributed by atoms with E-state index in [1.807, 2.05) is 18.2 Å². The van der Waals surface area contributed by atoms with E-state index in [1.165, 1.54) is 6.20 Å². The molecule has 1 aromatic carbocycles. The minimum Gasteiger partial charge on any atom is -0.406 e. The molecule has 0 aliphatic carbocycles. The van der Waals surface area contributed by atoms with Gasteiger partial charge in [-0.1, -0.05) is 12.1 Å². The van der Waals surface area contributed by atoms with E-state index in [0.717, 1.165) is 5.52 Å². The van der Waals surface area contributed by atoms with Crippen molar-refractivity contribution in [2.45, 2.75) is 12.8 Å². The van der Waals surface area contributed by atoms with Gasteiger partial charge in [-0.25, -0.2) is 4.98 Å². The molecule has 0 unspecified atom stereocenters. The number of carbonyl (C=O) groups is 2. The smallest absolute Gasteiger partial charge is 0.330 e. The van der Waals surface area contributed by atoms with Gasteiger partial charge in [0.1, 0.15) is 6.42 Å². The van der Waals surface area contributed by atoms with Gasteiger partial charge in [0.15, 0.2) is 5.82 Å². The van der Waals surface area contributed by atoms with Crippen molar-refractivity contribution in [3.05, 3.63) is 30.5 Å². The average Bonchev–Trinajstić information content (AvgIpc) is 2.37. The van der Waals surface area contributed by atoms with Crippen molar-refractivity contribution in [3.8, 4) is 0 Å². The lowest BCUT2D eigenvalue weighted by atomic mass is 10.3. The van der Waals surface area contributed by atoms with Crippen molar-refractivity contribution in [2.24, 2.45) is 0 Å². The Labute approximate surface area is 107 Å². The van der Waals surface area contributed by atoms with Crippen molar-refractivity contribution in [1.82, 2.24) is 9.97 Å². The number of nitrogens with one attached hydrogen (secondary N) is 1. The van der Waals surface area contributed by atoms with Crippen LogP contribution in [-0.2, 0) is 19.1 Å². The highest BCUT2D eigenvalue weighted by molar-refractivity contribution is 5.92. The third-order valence-electron chi connectivity index (χ3n) is 2.48. The van der Waals surface area contributed by atoms with Crippen LogP contribution in [0.15, 0.2) is 30.5 Å². The van der Waals surface area contributed by atoms with Gasteiger partial charge >= 0.3 is 18.4 Å². The van der Waals surface area contributed by atoms with Crippen LogP contribution in [0.3, 0.4) is 0 Å². The molecule has 2 aromatic rings. The molecule has 0 spiro atoms. The van der Waals surface area contributed by atoms with Crippen LogP contribution in [0.5, 0.6) is 0 Å². The lowest BCUT2D eigenvalue weighted by Gasteiger charge is -2.22. The number of ether oxygens (including phenoxy) is 2. The number of hydrogen-bond acceptors (Lipinski definition) is 7. The van der Waals surface area contributed by atoms with Gasteiger partial charge < -0.3 is 9.47 Å². The maximum absolute atomic E-state index is 11.1. The summed E-state index contributed by atoms with van der Waals surface area (Å²) in [5, 5.41) is 2.67. The van der Waals surface area contributed by atoms with E-state index in [-0.39, 0.29) is 6.42 Å². The highest BCUT2D eigenvalue weighted by atomic mass is 16.7. The van der Waals surface area contributed by atoms with Gasteiger partial charge in [-0.15, -0.1) is 0 Å². The summed E-state index contributed by atoms with van der Waals surface area (Å²) in [6, 6.07) is 7.31. The summed E-state index contributed by atoms with van der Waals surface area (Å²) >= 11 is 0. The molecule has 1 aliphatic heterocycles. The summed E-state index contributed by atoms with van der Waals surface area (Å²) in [6.45, 7) is 0. The Morgan fingerprint density at radius 1 is 1.11 bits per heavy atom. The van der Waals surface area contributed by atoms with Crippen LogP contribution in [0.4, 0.5) is 5.82 Å². The van der Waals surface area contributed by atoms with E-state index in [2.05, 4.69) is 15.3 Å². The SMILES string of the molecule is O=C1CC(=O)OC(Nc2cnc3ccccc3n2)O1. The van der Waals surface area contributed by atoms with Gasteiger partial charge in [0.05, 0.1) is 17.2 Å². The number of para-hydroxylation sites is 2. The molecule has 1 saturated heterocycles. The first-order valence-electron chi connectivity index (χ1n) is 5.58. The number of aromatic nitrogens is 2. The molecule has 19 heavy (non-hydrogen) atoms. The highest BCUT2D eigenvalue weighted by Crippen LogP contribution is 2.14. The molecular formula is C12H9N3O4. The second kappa shape index (κ2) is 4.52. The van der Waals surface area contributed by atoms with Crippen LogP contribution in [0.1, 0.15) is 6.42 Å². The number of hydrogen-bond donors (Lipinski definition) is 1. The molecule has 0 saturated carbocycles. The van der Waals surface area contributed by atoms with Crippen LogP contribution in [0.2, 0.25) is 0 Å². The predicted molar refractivity (Wildman–Crippen MR) is 63.7 cm³/mol. The van der Waals surface area contributed by atoms with Gasteiger partial charge in [-0.3, -0.25) is 19.9 Å². The number of nitrogens with zero attached hydrogens (tertiary/aromatic N) is 2. The molecule has 0 amide bonds. The van der Waals surface area contributed by atoms with E-state index in [1.54, 1.807) is 6.07 Å². The number of cyclic esters (lactones) is 2. The molecule has 0 atom stereocenters. The molecule has 96 valence electrons. The molecule has 1 aromatic heterocycles. The molecule has 0 radical (unpaired) electrons. The number of benzene rings is 1. The third-order valence-corrected chi connectivity index (χ3v) is 2.48. The third kappa shape index (κ3) is 2.44. The van der Waals surface area contributed by atoms with E-state index >= 15 is 0 Å². The van der Waals surface area contributed by atoms with Crippen LogP contribution >= 0.6 is 0 Å². The zero-order valence-corrected chi connectivity index (χ0v) is 9.70. The summed E-state index contributed by atoms with van der Waals surface area (Å²) < 4.78 is 9.62. The maximum atomic E-state index is 11.1. The van der Waals surface area contributed by atoms with Crippen molar-refractivity contribution in [1.29, 1.82) is 0 Å². The number of carbonyl (C=O) groups excluding carboxylic acids is 2. The van der Waals surface area contributed by atoms with Crippen molar-refractivity contribution in [2.75, 3.05) is 5.32 Å². The Kier molecular flexibility index (Phi) is 2.71. The van der Waals surface area contributed by atoms with E-state index < -0.39 is 18.4 Å². The minimum absolute atomic E-state index is 0.353. The largest absolute Gasteiger partial charge is 0.406 e. The molecule has 0 bridgehead atoms. The summed E-state index contributed by atoms with van der Waals surface area (Å²) in [7, 11) is 0. The fourth-order valence-electron chi connectivity index (χ4n) is 1.67. The topological polar surface area (TPSA) is 90.4 Å². The molecule has 7 nitrogen and oxygen atoms in total. The van der Waals surface area contributed by atoms with Crippen LogP contribution in [0, 0.1) is 0 Å². The molecule has 1 N–H and O–H groups in total. The van der Waals surface area contributed by atoms with E-state index in [0.29, 0.717) is 11.3 Å². The van der Waals surface area contributed by atoms with Crippen LogP contribution in [0.25, 0.3) is 11.0 Å². The van der Waals surface area contributed by atoms with Crippen LogP contribution < -0.4 is 5.32 Å². The standard InChI is InChI=1S/C12H9N3O4/c16-10-5-11(17)19-12(18-10)15-9-6-13-7-3-1-2-4-8(7)14-9/h1-4,6,12H,5H2,(H,14,15). The molecule has 2 heterocycles. The first-order chi connectivity index (χ1) is 9.20. The minimum atomic E-state index is -1.16. The fourth-order valence-corrected chi connectivity index (χ4v) is 1.67. The molecule has 1 fully saturated rings. The summed E-state index contributed by atoms with van der Waals surface area (Å²) in [5.41, 5.74) is 1.42. The Balaban J connectivity index is 1.81. The number of anilines is 1. The summed E-state index contributed by atoms with van der Waals surface area (Å²) in [4.78, 5) is 30.6. The second-order valence-corrected chi connectivity index (χ2v) is 3.88. The Morgan fingerprint density at radius 3 is 2.53 bits per heavy atom. The van der Waals surface area contributed by atoms with Gasteiger partial charge in [0.25, 0.3) is 0 Å². The lowest BCUT2D eigenvalue weighted by molar-refractivity contribution is -0.197. The van der Waals surface area contributed by atoms with Gasteiger partial charge in [0.2, 0.25) is 0 Å². The maximum Gasteiger partial charge on any atom is 0.330 e. The zero-order chi connectivity index (χ0) is 13.2. The Bertz CT molecular complexity index is 642. The van der Waals surface area contributed by atoms with Crippen molar-refractivity contribution in [3.63, 3.8) is 0 Å². The normalized spacial score (nSPS) is 16.0. The number of fused-ring (bicyclic) bond motifs is 1. The summed E-state index contributed by atoms with van der Waals surface area (Å²) in [6.07, 6.45) is -0.0654. The van der Waals surface area contributed by atoms with Crippen molar-refractivity contribution < 1.29 is 19.1 Å². The van der Waals surface area contributed by atoms with Gasteiger partial charge in [0, 0.05) is 0 Å². The van der Waals surface area contributed by atoms with Crippen LogP contribution in [-0.4, -0.2) is 28.3 Å². The molecule has 3 rings (SSSR count). The lowest BCUT2D eigenvalue weighted by Crippen LogP contribution is -2.37. The van der Waals surface area contributed by atoms with E-state index in [9.17, 15) is 9.59 Å². The highest BCUT2D eigenvalue weighted by Gasteiger charge is 2.27. The average molecular weight is 259 g/mol. The van der Waals surface area contributed by atoms with E-state index in [4.69, 9.17) is 9.47 Å². The van der Waals surface area contributed by atoms with Crippen molar-refractivity contribution >= 4 is 28.8 Å². The Morgan fingerprint density at radius 2 is 1.79 bits per heavy atom. The molecule has 1 aliphatic rings. The first-order valence-corrected chi connectivity index (χ1v) is 5.58. The molecule has 7 heteroatoms. The first kappa shape index (κ1) is 11.4. The quantitative estimate of drug-likeness (QED) is 0.630. The second-order valence-electron chi connectivity index (χ2n) is 3.88. The Hall–Kier alpha value is -2.70. The van der Waals surface area contributed by atoms with Gasteiger partial charge in [-0.05, 0) is 12.1 Å². The molecular weight excluding hydrogens is 250 g/mol. The fraction of sp³-hybridized carbons (Fsp3) is 0.167. The monoisotopic (exact) mass is 259 g/mol. The number of esters is 2. The zero-order valence-electron chi connectivity index (χ0n) is 9.70.